The fourth-order valence-electron chi connectivity index (χ4n) is 1.79. The number of nitrogens with zero attached hydrogens (tertiary/aromatic N) is 1. The molecule has 1 atom stereocenters. The lowest BCUT2D eigenvalue weighted by atomic mass is 10.1. The quantitative estimate of drug-likeness (QED) is 0.697. The molecule has 0 radical (unpaired) electrons. The Bertz CT molecular complexity index is 283. The summed E-state index contributed by atoms with van der Waals surface area (Å²) in [6.07, 6.45) is 0.776. The van der Waals surface area contributed by atoms with Crippen molar-refractivity contribution in [2.75, 3.05) is 20.1 Å². The highest BCUT2D eigenvalue weighted by Gasteiger charge is 2.31. The molecule has 1 saturated heterocycles. The van der Waals surface area contributed by atoms with Gasteiger partial charge in [-0.1, -0.05) is 0 Å². The van der Waals surface area contributed by atoms with Crippen LogP contribution in [0.3, 0.4) is 0 Å². The summed E-state index contributed by atoms with van der Waals surface area (Å²) >= 11 is 0. The van der Waals surface area contributed by atoms with E-state index in [1.54, 1.807) is 11.9 Å². The smallest absolute Gasteiger partial charge is 0.240 e. The minimum absolute atomic E-state index is 0.0200. The molecule has 2 N–H and O–H groups in total. The molecule has 5 heteroatoms. The van der Waals surface area contributed by atoms with Crippen molar-refractivity contribution in [3.63, 3.8) is 0 Å². The monoisotopic (exact) mass is 227 g/mol. The van der Waals surface area contributed by atoms with Crippen LogP contribution in [0.2, 0.25) is 0 Å². The molecular formula is C11H21N3O2. The van der Waals surface area contributed by atoms with Gasteiger partial charge >= 0.3 is 0 Å². The zero-order chi connectivity index (χ0) is 12.3. The van der Waals surface area contributed by atoms with Gasteiger partial charge in [-0.3, -0.25) is 9.59 Å². The van der Waals surface area contributed by atoms with E-state index in [1.165, 1.54) is 0 Å². The molecule has 0 spiro atoms. The number of likely N-dealkylation sites (tertiary alicyclic amines) is 1. The van der Waals surface area contributed by atoms with E-state index >= 15 is 0 Å². The Hall–Kier alpha value is -1.10. The highest BCUT2D eigenvalue weighted by Crippen LogP contribution is 2.10. The molecule has 1 unspecified atom stereocenters. The Morgan fingerprint density at radius 1 is 1.50 bits per heavy atom. The predicted octanol–water partition coefficient (Wildman–Crippen LogP) is -0.279. The Morgan fingerprint density at radius 3 is 2.56 bits per heavy atom. The van der Waals surface area contributed by atoms with Crippen molar-refractivity contribution < 1.29 is 9.59 Å². The number of likely N-dealkylation sites (N-methyl/N-ethyl adjacent to an activating group) is 1. The normalized spacial score (nSPS) is 21.4. The number of carbonyl (C=O) groups is 2. The van der Waals surface area contributed by atoms with Crippen LogP contribution in [-0.2, 0) is 9.59 Å². The maximum atomic E-state index is 11.7. The maximum absolute atomic E-state index is 11.7. The van der Waals surface area contributed by atoms with Crippen molar-refractivity contribution in [2.24, 2.45) is 0 Å². The molecule has 1 aliphatic heterocycles. The molecule has 92 valence electrons. The minimum Gasteiger partial charge on any atom is -0.350 e. The van der Waals surface area contributed by atoms with E-state index in [1.807, 2.05) is 20.8 Å². The number of carbonyl (C=O) groups excluding carboxylic acids is 2. The van der Waals surface area contributed by atoms with Crippen molar-refractivity contribution in [3.8, 4) is 0 Å². The molecule has 0 aromatic rings. The van der Waals surface area contributed by atoms with Crippen molar-refractivity contribution in [1.82, 2.24) is 15.5 Å². The van der Waals surface area contributed by atoms with Gasteiger partial charge in [0, 0.05) is 12.1 Å². The van der Waals surface area contributed by atoms with Gasteiger partial charge in [-0.15, -0.1) is 0 Å². The second kappa shape index (κ2) is 4.82. The number of amides is 2. The first-order chi connectivity index (χ1) is 7.33. The number of hydrogen-bond acceptors (Lipinski definition) is 3. The first-order valence-corrected chi connectivity index (χ1v) is 5.60. The SMILES string of the molecule is CNC1CCN(CC(=O)NC(C)(C)C)C1=O. The molecule has 0 saturated carbocycles. The van der Waals surface area contributed by atoms with Gasteiger partial charge in [0.15, 0.2) is 0 Å². The molecule has 16 heavy (non-hydrogen) atoms. The van der Waals surface area contributed by atoms with E-state index in [2.05, 4.69) is 10.6 Å². The zero-order valence-corrected chi connectivity index (χ0v) is 10.5. The van der Waals surface area contributed by atoms with Crippen LogP contribution in [0.4, 0.5) is 0 Å². The van der Waals surface area contributed by atoms with Crippen molar-refractivity contribution in [3.05, 3.63) is 0 Å². The average Bonchev–Trinajstić information content (AvgIpc) is 2.44. The summed E-state index contributed by atoms with van der Waals surface area (Å²) in [5, 5.41) is 5.79. The van der Waals surface area contributed by atoms with Gasteiger partial charge < -0.3 is 15.5 Å². The van der Waals surface area contributed by atoms with E-state index in [9.17, 15) is 9.59 Å². The summed E-state index contributed by atoms with van der Waals surface area (Å²) in [5.41, 5.74) is -0.248. The van der Waals surface area contributed by atoms with E-state index in [4.69, 9.17) is 0 Å². The summed E-state index contributed by atoms with van der Waals surface area (Å²) in [6, 6.07) is -0.123. The Kier molecular flexibility index (Phi) is 3.91. The van der Waals surface area contributed by atoms with Crippen LogP contribution in [0.5, 0.6) is 0 Å². The Labute approximate surface area is 96.6 Å². The molecule has 5 nitrogen and oxygen atoms in total. The number of nitrogens with one attached hydrogen (secondary N) is 2. The molecule has 1 aliphatic rings. The molecule has 1 heterocycles. The van der Waals surface area contributed by atoms with Gasteiger partial charge in [-0.05, 0) is 34.2 Å². The van der Waals surface area contributed by atoms with Crippen LogP contribution in [-0.4, -0.2) is 48.4 Å². The van der Waals surface area contributed by atoms with Crippen LogP contribution in [0, 0.1) is 0 Å². The fourth-order valence-corrected chi connectivity index (χ4v) is 1.79. The number of hydrogen-bond donors (Lipinski definition) is 2. The largest absolute Gasteiger partial charge is 0.350 e. The van der Waals surface area contributed by atoms with Crippen molar-refractivity contribution in [1.29, 1.82) is 0 Å². The summed E-state index contributed by atoms with van der Waals surface area (Å²) in [5.74, 6) is -0.0795. The third kappa shape index (κ3) is 3.48. The molecule has 0 bridgehead atoms. The van der Waals surface area contributed by atoms with Gasteiger partial charge in [0.25, 0.3) is 0 Å². The third-order valence-electron chi connectivity index (χ3n) is 2.49. The summed E-state index contributed by atoms with van der Waals surface area (Å²) in [4.78, 5) is 25.0. The third-order valence-corrected chi connectivity index (χ3v) is 2.49. The summed E-state index contributed by atoms with van der Waals surface area (Å²) in [6.45, 7) is 6.59. The molecule has 0 aliphatic carbocycles. The molecule has 1 fully saturated rings. The number of rotatable bonds is 3. The standard InChI is InChI=1S/C11H21N3O2/c1-11(2,3)13-9(15)7-14-6-5-8(12-4)10(14)16/h8,12H,5-7H2,1-4H3,(H,13,15). The van der Waals surface area contributed by atoms with E-state index in [0.29, 0.717) is 6.54 Å². The first-order valence-electron chi connectivity index (χ1n) is 5.60. The van der Waals surface area contributed by atoms with Gasteiger partial charge in [0.2, 0.25) is 11.8 Å². The highest BCUT2D eigenvalue weighted by atomic mass is 16.2. The van der Waals surface area contributed by atoms with Crippen LogP contribution in [0.15, 0.2) is 0 Å². The average molecular weight is 227 g/mol. The van der Waals surface area contributed by atoms with E-state index < -0.39 is 0 Å². The van der Waals surface area contributed by atoms with Crippen LogP contribution in [0.25, 0.3) is 0 Å². The second-order valence-corrected chi connectivity index (χ2v) is 5.19. The topological polar surface area (TPSA) is 61.4 Å². The lowest BCUT2D eigenvalue weighted by Gasteiger charge is -2.23. The summed E-state index contributed by atoms with van der Waals surface area (Å²) < 4.78 is 0. The van der Waals surface area contributed by atoms with Gasteiger partial charge in [-0.25, -0.2) is 0 Å². The second-order valence-electron chi connectivity index (χ2n) is 5.19. The van der Waals surface area contributed by atoms with E-state index in [-0.39, 0.29) is 29.9 Å². The maximum Gasteiger partial charge on any atom is 0.240 e. The molecular weight excluding hydrogens is 206 g/mol. The van der Waals surface area contributed by atoms with Crippen LogP contribution in [0.1, 0.15) is 27.2 Å². The van der Waals surface area contributed by atoms with Gasteiger partial charge in [0.1, 0.15) is 0 Å². The molecule has 1 rings (SSSR count). The van der Waals surface area contributed by atoms with Gasteiger partial charge in [-0.2, -0.15) is 0 Å². The van der Waals surface area contributed by atoms with Gasteiger partial charge in [0.05, 0.1) is 12.6 Å². The lowest BCUT2D eigenvalue weighted by molar-refractivity contribution is -0.134. The van der Waals surface area contributed by atoms with Crippen molar-refractivity contribution >= 4 is 11.8 Å². The van der Waals surface area contributed by atoms with Crippen molar-refractivity contribution in [2.45, 2.75) is 38.8 Å². The first kappa shape index (κ1) is 13.0. The Morgan fingerprint density at radius 2 is 2.12 bits per heavy atom. The molecule has 2 amide bonds. The van der Waals surface area contributed by atoms with Crippen LogP contribution >= 0.6 is 0 Å². The summed E-state index contributed by atoms with van der Waals surface area (Å²) in [7, 11) is 1.77. The predicted molar refractivity (Wildman–Crippen MR) is 61.9 cm³/mol. The molecule has 0 aromatic heterocycles. The minimum atomic E-state index is -0.248. The zero-order valence-electron chi connectivity index (χ0n) is 10.5. The Balaban J connectivity index is 2.44. The molecule has 0 aromatic carbocycles. The highest BCUT2D eigenvalue weighted by molar-refractivity contribution is 5.89. The lowest BCUT2D eigenvalue weighted by Crippen LogP contribution is -2.47. The fraction of sp³-hybridized carbons (Fsp3) is 0.818. The van der Waals surface area contributed by atoms with E-state index in [0.717, 1.165) is 6.42 Å². The van der Waals surface area contributed by atoms with Crippen LogP contribution < -0.4 is 10.6 Å².